The Bertz CT molecular complexity index is 612. The van der Waals surface area contributed by atoms with Crippen LogP contribution < -0.4 is 5.73 Å². The molecule has 4 heteroatoms. The van der Waals surface area contributed by atoms with Crippen LogP contribution in [0.4, 0.5) is 5.69 Å². The molecule has 2 N–H and O–H groups in total. The SMILES string of the molecule is Cc1c(N)ccc(-c2cnn(C3CCCCC3)c2)c1Cl. The van der Waals surface area contributed by atoms with Crippen molar-refractivity contribution in [2.24, 2.45) is 0 Å². The minimum absolute atomic E-state index is 0.547. The first-order valence-corrected chi connectivity index (χ1v) is 7.63. The van der Waals surface area contributed by atoms with Gasteiger partial charge >= 0.3 is 0 Å². The molecule has 1 fully saturated rings. The molecular formula is C16H20ClN3. The molecule has 1 saturated carbocycles. The van der Waals surface area contributed by atoms with Crippen LogP contribution in [0.2, 0.25) is 5.02 Å². The summed E-state index contributed by atoms with van der Waals surface area (Å²) in [7, 11) is 0. The Morgan fingerprint density at radius 2 is 2.00 bits per heavy atom. The molecule has 1 aliphatic rings. The molecular weight excluding hydrogens is 270 g/mol. The van der Waals surface area contributed by atoms with E-state index in [9.17, 15) is 0 Å². The fourth-order valence-electron chi connectivity index (χ4n) is 2.95. The molecule has 20 heavy (non-hydrogen) atoms. The van der Waals surface area contributed by atoms with Crippen LogP contribution in [0, 0.1) is 6.92 Å². The highest BCUT2D eigenvalue weighted by Crippen LogP contribution is 2.34. The summed E-state index contributed by atoms with van der Waals surface area (Å²) in [5.74, 6) is 0. The van der Waals surface area contributed by atoms with E-state index >= 15 is 0 Å². The molecule has 1 aromatic carbocycles. The van der Waals surface area contributed by atoms with Gasteiger partial charge in [0.05, 0.1) is 17.3 Å². The van der Waals surface area contributed by atoms with Crippen molar-refractivity contribution in [2.45, 2.75) is 45.1 Å². The Hall–Kier alpha value is -1.48. The summed E-state index contributed by atoms with van der Waals surface area (Å²) in [6.45, 7) is 1.95. The second-order valence-electron chi connectivity index (χ2n) is 5.64. The van der Waals surface area contributed by atoms with E-state index in [0.717, 1.165) is 27.4 Å². The monoisotopic (exact) mass is 289 g/mol. The fraction of sp³-hybridized carbons (Fsp3) is 0.438. The van der Waals surface area contributed by atoms with Crippen molar-refractivity contribution in [1.82, 2.24) is 9.78 Å². The molecule has 1 heterocycles. The van der Waals surface area contributed by atoms with Gasteiger partial charge in [-0.2, -0.15) is 5.10 Å². The second-order valence-corrected chi connectivity index (χ2v) is 6.02. The number of nitrogen functional groups attached to an aromatic ring is 1. The van der Waals surface area contributed by atoms with Gasteiger partial charge in [0.15, 0.2) is 0 Å². The lowest BCUT2D eigenvalue weighted by Crippen LogP contribution is -2.12. The van der Waals surface area contributed by atoms with Crippen molar-refractivity contribution >= 4 is 17.3 Å². The number of anilines is 1. The first-order chi connectivity index (χ1) is 9.66. The summed E-state index contributed by atoms with van der Waals surface area (Å²) < 4.78 is 2.11. The molecule has 3 rings (SSSR count). The van der Waals surface area contributed by atoms with E-state index in [1.165, 1.54) is 32.1 Å². The maximum Gasteiger partial charge on any atom is 0.0568 e. The van der Waals surface area contributed by atoms with Crippen LogP contribution in [0.15, 0.2) is 24.5 Å². The van der Waals surface area contributed by atoms with Crippen LogP contribution >= 0.6 is 11.6 Å². The Kier molecular flexibility index (Phi) is 3.70. The van der Waals surface area contributed by atoms with Crippen LogP contribution in [0.1, 0.15) is 43.7 Å². The largest absolute Gasteiger partial charge is 0.398 e. The molecule has 0 unspecified atom stereocenters. The smallest absolute Gasteiger partial charge is 0.0568 e. The zero-order chi connectivity index (χ0) is 14.1. The van der Waals surface area contributed by atoms with E-state index in [2.05, 4.69) is 16.0 Å². The van der Waals surface area contributed by atoms with Gasteiger partial charge in [-0.25, -0.2) is 0 Å². The third kappa shape index (κ3) is 2.42. The van der Waals surface area contributed by atoms with E-state index < -0.39 is 0 Å². The molecule has 1 aromatic heterocycles. The number of aromatic nitrogens is 2. The third-order valence-electron chi connectivity index (χ3n) is 4.29. The van der Waals surface area contributed by atoms with Crippen LogP contribution in [-0.2, 0) is 0 Å². The summed E-state index contributed by atoms with van der Waals surface area (Å²) >= 11 is 6.41. The van der Waals surface area contributed by atoms with Gasteiger partial charge in [-0.05, 0) is 31.4 Å². The van der Waals surface area contributed by atoms with Gasteiger partial charge in [0.1, 0.15) is 0 Å². The number of hydrogen-bond donors (Lipinski definition) is 1. The van der Waals surface area contributed by atoms with Crippen molar-refractivity contribution in [1.29, 1.82) is 0 Å². The quantitative estimate of drug-likeness (QED) is 0.821. The van der Waals surface area contributed by atoms with Gasteiger partial charge in [0.2, 0.25) is 0 Å². The topological polar surface area (TPSA) is 43.8 Å². The van der Waals surface area contributed by atoms with Crippen molar-refractivity contribution in [3.8, 4) is 11.1 Å². The Labute approximate surface area is 124 Å². The number of halogens is 1. The molecule has 0 spiro atoms. The average molecular weight is 290 g/mol. The number of benzene rings is 1. The van der Waals surface area contributed by atoms with Gasteiger partial charge in [-0.1, -0.05) is 36.9 Å². The highest BCUT2D eigenvalue weighted by molar-refractivity contribution is 6.34. The Morgan fingerprint density at radius 1 is 1.25 bits per heavy atom. The third-order valence-corrected chi connectivity index (χ3v) is 4.78. The summed E-state index contributed by atoms with van der Waals surface area (Å²) in [5, 5.41) is 5.27. The normalized spacial score (nSPS) is 16.5. The highest BCUT2D eigenvalue weighted by atomic mass is 35.5. The van der Waals surface area contributed by atoms with Crippen LogP contribution in [0.5, 0.6) is 0 Å². The van der Waals surface area contributed by atoms with E-state index in [0.29, 0.717) is 6.04 Å². The number of nitrogens with two attached hydrogens (primary N) is 1. The molecule has 0 amide bonds. The lowest BCUT2D eigenvalue weighted by molar-refractivity contribution is 0.329. The maximum atomic E-state index is 6.41. The molecule has 0 radical (unpaired) electrons. The zero-order valence-electron chi connectivity index (χ0n) is 11.8. The molecule has 2 aromatic rings. The molecule has 106 valence electrons. The van der Waals surface area contributed by atoms with E-state index in [-0.39, 0.29) is 0 Å². The maximum absolute atomic E-state index is 6.41. The summed E-state index contributed by atoms with van der Waals surface area (Å²) in [6, 6.07) is 4.44. The van der Waals surface area contributed by atoms with E-state index in [4.69, 9.17) is 17.3 Å². The van der Waals surface area contributed by atoms with E-state index in [1.807, 2.05) is 25.3 Å². The summed E-state index contributed by atoms with van der Waals surface area (Å²) in [6.07, 6.45) is 10.5. The molecule has 0 atom stereocenters. The van der Waals surface area contributed by atoms with Crippen molar-refractivity contribution in [3.63, 3.8) is 0 Å². The lowest BCUT2D eigenvalue weighted by Gasteiger charge is -2.21. The van der Waals surface area contributed by atoms with Crippen molar-refractivity contribution < 1.29 is 0 Å². The number of nitrogens with zero attached hydrogens (tertiary/aromatic N) is 2. The van der Waals surface area contributed by atoms with Crippen LogP contribution in [-0.4, -0.2) is 9.78 Å². The second kappa shape index (κ2) is 5.49. The molecule has 3 nitrogen and oxygen atoms in total. The minimum atomic E-state index is 0.547. The van der Waals surface area contributed by atoms with Gasteiger partial charge in [0.25, 0.3) is 0 Å². The highest BCUT2D eigenvalue weighted by Gasteiger charge is 2.17. The van der Waals surface area contributed by atoms with Gasteiger partial charge < -0.3 is 5.73 Å². The molecule has 0 aliphatic heterocycles. The molecule has 0 bridgehead atoms. The lowest BCUT2D eigenvalue weighted by atomic mass is 9.96. The first-order valence-electron chi connectivity index (χ1n) is 7.26. The summed E-state index contributed by atoms with van der Waals surface area (Å²) in [4.78, 5) is 0. The number of rotatable bonds is 2. The minimum Gasteiger partial charge on any atom is -0.398 e. The molecule has 0 saturated heterocycles. The van der Waals surface area contributed by atoms with E-state index in [1.54, 1.807) is 0 Å². The Morgan fingerprint density at radius 3 is 2.75 bits per heavy atom. The molecule has 1 aliphatic carbocycles. The Balaban J connectivity index is 1.92. The fourth-order valence-corrected chi connectivity index (χ4v) is 3.23. The van der Waals surface area contributed by atoms with Gasteiger partial charge in [0, 0.05) is 23.0 Å². The number of hydrogen-bond acceptors (Lipinski definition) is 2. The standard InChI is InChI=1S/C16H20ClN3/c1-11-15(18)8-7-14(16(11)17)12-9-19-20(10-12)13-5-3-2-4-6-13/h7-10,13H,2-6,18H2,1H3. The summed E-state index contributed by atoms with van der Waals surface area (Å²) in [5.41, 5.74) is 9.65. The zero-order valence-corrected chi connectivity index (χ0v) is 12.5. The van der Waals surface area contributed by atoms with Gasteiger partial charge in [-0.3, -0.25) is 4.68 Å². The van der Waals surface area contributed by atoms with Crippen LogP contribution in [0.25, 0.3) is 11.1 Å². The van der Waals surface area contributed by atoms with Crippen LogP contribution in [0.3, 0.4) is 0 Å². The average Bonchev–Trinajstić information content (AvgIpc) is 2.95. The first kappa shape index (κ1) is 13.5. The predicted molar refractivity (Wildman–Crippen MR) is 83.9 cm³/mol. The van der Waals surface area contributed by atoms with Gasteiger partial charge in [-0.15, -0.1) is 0 Å². The van der Waals surface area contributed by atoms with Crippen molar-refractivity contribution in [3.05, 3.63) is 35.1 Å². The predicted octanol–water partition coefficient (Wildman–Crippen LogP) is 4.60. The van der Waals surface area contributed by atoms with Crippen molar-refractivity contribution in [2.75, 3.05) is 5.73 Å².